The molecule has 0 saturated carbocycles. The second kappa shape index (κ2) is 7.34. The molecule has 0 aliphatic rings. The van der Waals surface area contributed by atoms with Gasteiger partial charge in [0, 0.05) is 12.7 Å². The Morgan fingerprint density at radius 3 is 2.56 bits per heavy atom. The fraction of sp³-hybridized carbons (Fsp3) is 0.571. The molecule has 2 unspecified atom stereocenters. The second-order valence-electron chi connectivity index (χ2n) is 4.19. The molecule has 0 bridgehead atoms. The number of rotatable bonds is 7. The van der Waals surface area contributed by atoms with Gasteiger partial charge in [0.1, 0.15) is 0 Å². The summed E-state index contributed by atoms with van der Waals surface area (Å²) >= 11 is 0. The minimum absolute atomic E-state index is 0.0541. The molecule has 102 valence electrons. The molecule has 4 heteroatoms. The summed E-state index contributed by atoms with van der Waals surface area (Å²) in [5, 5.41) is 3.13. The quantitative estimate of drug-likeness (QED) is 0.812. The maximum Gasteiger partial charge on any atom is 0.169 e. The van der Waals surface area contributed by atoms with Gasteiger partial charge in [-0.3, -0.25) is 0 Å². The number of likely N-dealkylation sites (N-methyl/N-ethyl adjacent to an activating group) is 1. The lowest BCUT2D eigenvalue weighted by Crippen LogP contribution is -2.31. The van der Waals surface area contributed by atoms with Crippen LogP contribution in [0.25, 0.3) is 0 Å². The number of hydrogen-bond acceptors (Lipinski definition) is 3. The van der Waals surface area contributed by atoms with Gasteiger partial charge in [-0.25, -0.2) is 4.39 Å². The smallest absolute Gasteiger partial charge is 0.169 e. The van der Waals surface area contributed by atoms with Crippen molar-refractivity contribution in [3.63, 3.8) is 0 Å². The molecule has 0 saturated heterocycles. The summed E-state index contributed by atoms with van der Waals surface area (Å²) in [5.74, 6) is -0.0587. The SMILES string of the molecule is CCCC(OC)C(NC)c1cccc(OC)c1F. The number of methoxy groups -OCH3 is 2. The van der Waals surface area contributed by atoms with E-state index in [9.17, 15) is 4.39 Å². The molecule has 3 nitrogen and oxygen atoms in total. The lowest BCUT2D eigenvalue weighted by Gasteiger charge is -2.26. The van der Waals surface area contributed by atoms with Crippen LogP contribution in [0.3, 0.4) is 0 Å². The van der Waals surface area contributed by atoms with Gasteiger partial charge in [0.05, 0.1) is 19.3 Å². The first-order valence-corrected chi connectivity index (χ1v) is 6.22. The van der Waals surface area contributed by atoms with Crippen LogP contribution in [0.4, 0.5) is 4.39 Å². The van der Waals surface area contributed by atoms with E-state index in [1.807, 2.05) is 7.05 Å². The van der Waals surface area contributed by atoms with Gasteiger partial charge in [-0.1, -0.05) is 25.5 Å². The van der Waals surface area contributed by atoms with Crippen LogP contribution in [0.2, 0.25) is 0 Å². The molecule has 0 radical (unpaired) electrons. The highest BCUT2D eigenvalue weighted by atomic mass is 19.1. The second-order valence-corrected chi connectivity index (χ2v) is 4.19. The predicted octanol–water partition coefficient (Wildman–Crippen LogP) is 2.91. The topological polar surface area (TPSA) is 30.5 Å². The number of benzene rings is 1. The maximum absolute atomic E-state index is 14.2. The third-order valence-electron chi connectivity index (χ3n) is 3.11. The molecule has 0 aliphatic carbocycles. The average Bonchev–Trinajstić information content (AvgIpc) is 2.40. The largest absolute Gasteiger partial charge is 0.494 e. The molecule has 0 amide bonds. The molecule has 1 aromatic rings. The Kier molecular flexibility index (Phi) is 6.09. The molecule has 0 heterocycles. The van der Waals surface area contributed by atoms with Gasteiger partial charge in [-0.15, -0.1) is 0 Å². The summed E-state index contributed by atoms with van der Waals surface area (Å²) in [6, 6.07) is 5.00. The minimum Gasteiger partial charge on any atom is -0.494 e. The van der Waals surface area contributed by atoms with E-state index < -0.39 is 0 Å². The Balaban J connectivity index is 3.07. The Hall–Kier alpha value is -1.13. The van der Waals surface area contributed by atoms with Gasteiger partial charge in [-0.05, 0) is 19.5 Å². The van der Waals surface area contributed by atoms with Crippen molar-refractivity contribution in [2.75, 3.05) is 21.3 Å². The Morgan fingerprint density at radius 2 is 2.06 bits per heavy atom. The van der Waals surface area contributed by atoms with E-state index >= 15 is 0 Å². The predicted molar refractivity (Wildman–Crippen MR) is 70.5 cm³/mol. The van der Waals surface area contributed by atoms with Crippen molar-refractivity contribution < 1.29 is 13.9 Å². The molecule has 18 heavy (non-hydrogen) atoms. The van der Waals surface area contributed by atoms with Crippen LogP contribution in [0.1, 0.15) is 31.4 Å². The van der Waals surface area contributed by atoms with Crippen LogP contribution in [-0.2, 0) is 4.74 Å². The van der Waals surface area contributed by atoms with E-state index in [0.29, 0.717) is 5.56 Å². The van der Waals surface area contributed by atoms with Gasteiger partial charge in [0.2, 0.25) is 0 Å². The van der Waals surface area contributed by atoms with Crippen molar-refractivity contribution in [1.82, 2.24) is 5.32 Å². The van der Waals surface area contributed by atoms with Gasteiger partial charge < -0.3 is 14.8 Å². The van der Waals surface area contributed by atoms with Gasteiger partial charge in [0.15, 0.2) is 11.6 Å². The number of ether oxygens (including phenoxy) is 2. The Morgan fingerprint density at radius 1 is 1.33 bits per heavy atom. The number of nitrogens with one attached hydrogen (secondary N) is 1. The minimum atomic E-state index is -0.322. The standard InChI is InChI=1S/C14H22FNO2/c1-5-7-12(18-4)14(16-2)10-8-6-9-11(17-3)13(10)15/h6,8-9,12,14,16H,5,7H2,1-4H3. The van der Waals surface area contributed by atoms with Crippen LogP contribution in [-0.4, -0.2) is 27.4 Å². The summed E-state index contributed by atoms with van der Waals surface area (Å²) in [7, 11) is 4.93. The van der Waals surface area contributed by atoms with Crippen LogP contribution < -0.4 is 10.1 Å². The summed E-state index contributed by atoms with van der Waals surface area (Å²) in [6.07, 6.45) is 1.81. The van der Waals surface area contributed by atoms with Crippen LogP contribution >= 0.6 is 0 Å². The van der Waals surface area contributed by atoms with Crippen LogP contribution in [0, 0.1) is 5.82 Å². The fourth-order valence-corrected chi connectivity index (χ4v) is 2.17. The zero-order valence-electron chi connectivity index (χ0n) is 11.5. The van der Waals surface area contributed by atoms with E-state index in [2.05, 4.69) is 12.2 Å². The zero-order valence-corrected chi connectivity index (χ0v) is 11.5. The third-order valence-corrected chi connectivity index (χ3v) is 3.11. The first kappa shape index (κ1) is 14.9. The van der Waals surface area contributed by atoms with Crippen molar-refractivity contribution in [1.29, 1.82) is 0 Å². The van der Waals surface area contributed by atoms with Crippen molar-refractivity contribution in [3.05, 3.63) is 29.6 Å². The highest BCUT2D eigenvalue weighted by Gasteiger charge is 2.24. The summed E-state index contributed by atoms with van der Waals surface area (Å²) in [6.45, 7) is 2.08. The van der Waals surface area contributed by atoms with E-state index in [4.69, 9.17) is 9.47 Å². The molecule has 0 aliphatic heterocycles. The molecule has 0 aromatic heterocycles. The zero-order chi connectivity index (χ0) is 13.5. The van der Waals surface area contributed by atoms with E-state index in [0.717, 1.165) is 12.8 Å². The Labute approximate surface area is 108 Å². The van der Waals surface area contributed by atoms with Crippen LogP contribution in [0.15, 0.2) is 18.2 Å². The average molecular weight is 255 g/mol. The monoisotopic (exact) mass is 255 g/mol. The lowest BCUT2D eigenvalue weighted by molar-refractivity contribution is 0.0618. The van der Waals surface area contributed by atoms with E-state index in [-0.39, 0.29) is 23.7 Å². The molecule has 0 fully saturated rings. The van der Waals surface area contributed by atoms with Gasteiger partial charge in [-0.2, -0.15) is 0 Å². The first-order chi connectivity index (χ1) is 8.69. The molecular weight excluding hydrogens is 233 g/mol. The Bertz CT molecular complexity index is 371. The first-order valence-electron chi connectivity index (χ1n) is 6.22. The van der Waals surface area contributed by atoms with Gasteiger partial charge >= 0.3 is 0 Å². The lowest BCUT2D eigenvalue weighted by atomic mass is 9.97. The number of hydrogen-bond donors (Lipinski definition) is 1. The summed E-state index contributed by atoms with van der Waals surface area (Å²) in [5.41, 5.74) is 0.581. The van der Waals surface area contributed by atoms with E-state index in [1.54, 1.807) is 25.3 Å². The molecule has 1 N–H and O–H groups in total. The summed E-state index contributed by atoms with van der Waals surface area (Å²) < 4.78 is 24.7. The molecular formula is C14H22FNO2. The highest BCUT2D eigenvalue weighted by Crippen LogP contribution is 2.29. The molecule has 1 aromatic carbocycles. The normalized spacial score (nSPS) is 14.3. The van der Waals surface area contributed by atoms with Crippen molar-refractivity contribution >= 4 is 0 Å². The third kappa shape index (κ3) is 3.21. The van der Waals surface area contributed by atoms with Crippen molar-refractivity contribution in [2.45, 2.75) is 31.9 Å². The van der Waals surface area contributed by atoms with Crippen molar-refractivity contribution in [3.8, 4) is 5.75 Å². The number of halogens is 1. The summed E-state index contributed by atoms with van der Waals surface area (Å²) in [4.78, 5) is 0. The molecule has 2 atom stereocenters. The molecule has 1 rings (SSSR count). The van der Waals surface area contributed by atoms with Crippen LogP contribution in [0.5, 0.6) is 5.75 Å². The van der Waals surface area contributed by atoms with Gasteiger partial charge in [0.25, 0.3) is 0 Å². The maximum atomic E-state index is 14.2. The molecule has 0 spiro atoms. The van der Waals surface area contributed by atoms with E-state index in [1.165, 1.54) is 7.11 Å². The highest BCUT2D eigenvalue weighted by molar-refractivity contribution is 5.33. The van der Waals surface area contributed by atoms with Crippen molar-refractivity contribution in [2.24, 2.45) is 0 Å². The fourth-order valence-electron chi connectivity index (χ4n) is 2.17.